The van der Waals surface area contributed by atoms with Crippen LogP contribution in [0, 0.1) is 0 Å². The van der Waals surface area contributed by atoms with Crippen LogP contribution in [0.4, 0.5) is 5.69 Å². The fourth-order valence-corrected chi connectivity index (χ4v) is 2.44. The first kappa shape index (κ1) is 12.7. The number of carbonyl (C=O) groups is 1. The maximum Gasteiger partial charge on any atom is 0.307 e. The number of methoxy groups -OCH3 is 1. The minimum Gasteiger partial charge on any atom is -0.469 e. The number of ether oxygens (including phenoxy) is 1. The van der Waals surface area contributed by atoms with E-state index in [2.05, 4.69) is 42.2 Å². The van der Waals surface area contributed by atoms with E-state index in [9.17, 15) is 4.79 Å². The van der Waals surface area contributed by atoms with Gasteiger partial charge in [0.2, 0.25) is 0 Å². The fraction of sp³-hybridized carbons (Fsp3) is 0.400. The molecule has 1 aromatic carbocycles. The highest BCUT2D eigenvalue weighted by Crippen LogP contribution is 2.46. The number of benzene rings is 1. The van der Waals surface area contributed by atoms with E-state index in [1.807, 2.05) is 12.1 Å². The van der Waals surface area contributed by atoms with E-state index in [1.54, 1.807) is 0 Å². The highest BCUT2D eigenvalue weighted by atomic mass is 16.5. The van der Waals surface area contributed by atoms with E-state index in [0.29, 0.717) is 13.0 Å². The van der Waals surface area contributed by atoms with Crippen molar-refractivity contribution in [3.8, 4) is 0 Å². The van der Waals surface area contributed by atoms with Crippen LogP contribution in [0.15, 0.2) is 36.5 Å². The van der Waals surface area contributed by atoms with Crippen molar-refractivity contribution in [1.82, 2.24) is 0 Å². The summed E-state index contributed by atoms with van der Waals surface area (Å²) in [5.74, 6) is -0.190. The molecule has 96 valence electrons. The van der Waals surface area contributed by atoms with Crippen LogP contribution in [0.2, 0.25) is 0 Å². The van der Waals surface area contributed by atoms with Crippen molar-refractivity contribution in [3.63, 3.8) is 0 Å². The molecule has 0 bridgehead atoms. The molecular formula is C15H19NO2. The number of nitrogens with zero attached hydrogens (tertiary/aromatic N) is 1. The number of hydrogen-bond acceptors (Lipinski definition) is 3. The molecule has 1 aliphatic rings. The Morgan fingerprint density at radius 2 is 2.06 bits per heavy atom. The third kappa shape index (κ3) is 1.90. The number of carbonyl (C=O) groups excluding carboxylic acids is 1. The van der Waals surface area contributed by atoms with E-state index in [4.69, 9.17) is 0 Å². The van der Waals surface area contributed by atoms with E-state index in [-0.39, 0.29) is 11.4 Å². The van der Waals surface area contributed by atoms with Gasteiger partial charge < -0.3 is 9.64 Å². The van der Waals surface area contributed by atoms with Gasteiger partial charge in [0.25, 0.3) is 0 Å². The molecule has 1 aliphatic heterocycles. The molecule has 0 saturated carbocycles. The number of para-hydroxylation sites is 1. The van der Waals surface area contributed by atoms with Gasteiger partial charge in [0.05, 0.1) is 13.5 Å². The molecular weight excluding hydrogens is 226 g/mol. The molecule has 0 unspecified atom stereocenters. The average Bonchev–Trinajstić information content (AvgIpc) is 2.56. The molecule has 3 heteroatoms. The minimum atomic E-state index is -0.190. The van der Waals surface area contributed by atoms with Gasteiger partial charge in [0.1, 0.15) is 0 Å². The van der Waals surface area contributed by atoms with Gasteiger partial charge in [-0.15, -0.1) is 0 Å². The Kier molecular flexibility index (Phi) is 3.16. The Morgan fingerprint density at radius 1 is 1.39 bits per heavy atom. The Hall–Kier alpha value is -1.77. The Labute approximate surface area is 108 Å². The topological polar surface area (TPSA) is 29.5 Å². The normalized spacial score (nSPS) is 16.6. The number of allylic oxidation sites excluding steroid dienone is 1. The lowest BCUT2D eigenvalue weighted by Crippen LogP contribution is -2.27. The first-order chi connectivity index (χ1) is 8.48. The smallest absolute Gasteiger partial charge is 0.307 e. The van der Waals surface area contributed by atoms with Crippen molar-refractivity contribution < 1.29 is 9.53 Å². The lowest BCUT2D eigenvalue weighted by molar-refractivity contribution is -0.140. The van der Waals surface area contributed by atoms with E-state index < -0.39 is 0 Å². The highest BCUT2D eigenvalue weighted by molar-refractivity contribution is 5.73. The quantitative estimate of drug-likeness (QED) is 0.767. The molecule has 18 heavy (non-hydrogen) atoms. The summed E-state index contributed by atoms with van der Waals surface area (Å²) in [6.45, 7) is 9.12. The molecule has 0 aromatic heterocycles. The van der Waals surface area contributed by atoms with E-state index in [1.165, 1.54) is 12.7 Å². The molecule has 0 aliphatic carbocycles. The molecule has 1 aromatic rings. The molecule has 0 saturated heterocycles. The highest BCUT2D eigenvalue weighted by Gasteiger charge is 2.38. The SMILES string of the molecule is C=C1N(CCC(=O)OC)c2ccccc2C1(C)C. The van der Waals surface area contributed by atoms with Crippen LogP contribution in [-0.2, 0) is 14.9 Å². The van der Waals surface area contributed by atoms with Gasteiger partial charge in [-0.2, -0.15) is 0 Å². The molecule has 0 radical (unpaired) electrons. The molecule has 0 N–H and O–H groups in total. The summed E-state index contributed by atoms with van der Waals surface area (Å²) in [6, 6.07) is 8.25. The second kappa shape index (κ2) is 4.48. The van der Waals surface area contributed by atoms with Crippen molar-refractivity contribution in [2.75, 3.05) is 18.6 Å². The van der Waals surface area contributed by atoms with Crippen LogP contribution in [-0.4, -0.2) is 19.6 Å². The number of anilines is 1. The summed E-state index contributed by atoms with van der Waals surface area (Å²) in [4.78, 5) is 13.4. The lowest BCUT2D eigenvalue weighted by atomic mass is 9.84. The van der Waals surface area contributed by atoms with Gasteiger partial charge in [-0.1, -0.05) is 38.6 Å². The number of fused-ring (bicyclic) bond motifs is 1. The number of esters is 1. The van der Waals surface area contributed by atoms with Crippen LogP contribution < -0.4 is 4.90 Å². The first-order valence-corrected chi connectivity index (χ1v) is 6.11. The zero-order chi connectivity index (χ0) is 13.3. The van der Waals surface area contributed by atoms with Crippen molar-refractivity contribution in [3.05, 3.63) is 42.1 Å². The molecule has 0 amide bonds. The summed E-state index contributed by atoms with van der Waals surface area (Å²) >= 11 is 0. The van der Waals surface area contributed by atoms with Gasteiger partial charge in [0.15, 0.2) is 0 Å². The zero-order valence-corrected chi connectivity index (χ0v) is 11.2. The summed E-state index contributed by atoms with van der Waals surface area (Å²) in [5.41, 5.74) is 3.37. The largest absolute Gasteiger partial charge is 0.469 e. The summed E-state index contributed by atoms with van der Waals surface area (Å²) in [7, 11) is 1.42. The third-order valence-electron chi connectivity index (χ3n) is 3.68. The Bertz CT molecular complexity index is 491. The van der Waals surface area contributed by atoms with E-state index >= 15 is 0 Å². The Morgan fingerprint density at radius 3 is 2.72 bits per heavy atom. The fourth-order valence-electron chi connectivity index (χ4n) is 2.44. The van der Waals surface area contributed by atoms with Gasteiger partial charge in [-0.3, -0.25) is 4.79 Å². The van der Waals surface area contributed by atoms with Crippen molar-refractivity contribution in [2.24, 2.45) is 0 Å². The van der Waals surface area contributed by atoms with Crippen molar-refractivity contribution in [1.29, 1.82) is 0 Å². The Balaban J connectivity index is 2.27. The standard InChI is InChI=1S/C15H19NO2/c1-11-15(2,3)12-7-5-6-8-13(12)16(11)10-9-14(17)18-4/h5-8H,1,9-10H2,2-4H3. The van der Waals surface area contributed by atoms with Crippen LogP contribution in [0.25, 0.3) is 0 Å². The summed E-state index contributed by atoms with van der Waals surface area (Å²) < 4.78 is 4.69. The first-order valence-electron chi connectivity index (χ1n) is 6.11. The minimum absolute atomic E-state index is 0.0767. The predicted molar refractivity (Wildman–Crippen MR) is 72.6 cm³/mol. The molecule has 0 spiro atoms. The second-order valence-corrected chi connectivity index (χ2v) is 5.07. The molecule has 0 fully saturated rings. The maximum atomic E-state index is 11.3. The zero-order valence-electron chi connectivity index (χ0n) is 11.2. The lowest BCUT2D eigenvalue weighted by Gasteiger charge is -2.25. The molecule has 3 nitrogen and oxygen atoms in total. The van der Waals surface area contributed by atoms with Crippen LogP contribution in [0.1, 0.15) is 25.8 Å². The number of rotatable bonds is 3. The van der Waals surface area contributed by atoms with Crippen molar-refractivity contribution >= 4 is 11.7 Å². The monoisotopic (exact) mass is 245 g/mol. The maximum absolute atomic E-state index is 11.3. The molecule has 2 rings (SSSR count). The van der Waals surface area contributed by atoms with Gasteiger partial charge in [-0.05, 0) is 11.6 Å². The van der Waals surface area contributed by atoms with Gasteiger partial charge in [0, 0.05) is 23.3 Å². The van der Waals surface area contributed by atoms with Crippen molar-refractivity contribution in [2.45, 2.75) is 25.7 Å². The van der Waals surface area contributed by atoms with Crippen LogP contribution in [0.3, 0.4) is 0 Å². The van der Waals surface area contributed by atoms with Crippen LogP contribution >= 0.6 is 0 Å². The summed E-state index contributed by atoms with van der Waals surface area (Å²) in [5, 5.41) is 0. The number of hydrogen-bond donors (Lipinski definition) is 0. The van der Waals surface area contributed by atoms with Gasteiger partial charge >= 0.3 is 5.97 Å². The van der Waals surface area contributed by atoms with E-state index in [0.717, 1.165) is 11.4 Å². The predicted octanol–water partition coefficient (Wildman–Crippen LogP) is 2.86. The summed E-state index contributed by atoms with van der Waals surface area (Å²) in [6.07, 6.45) is 0.375. The molecule has 1 heterocycles. The second-order valence-electron chi connectivity index (χ2n) is 5.07. The molecule has 0 atom stereocenters. The average molecular weight is 245 g/mol. The third-order valence-corrected chi connectivity index (χ3v) is 3.68. The van der Waals surface area contributed by atoms with Crippen LogP contribution in [0.5, 0.6) is 0 Å². The van der Waals surface area contributed by atoms with Gasteiger partial charge in [-0.25, -0.2) is 0 Å².